The maximum Gasteiger partial charge on any atom is 0.255 e. The number of nitrogens with zero attached hydrogens (tertiary/aromatic N) is 2. The largest absolute Gasteiger partial charge is 0.493 e. The highest BCUT2D eigenvalue weighted by atomic mass is 32.1. The van der Waals surface area contributed by atoms with Gasteiger partial charge in [-0.2, -0.15) is 10.2 Å². The van der Waals surface area contributed by atoms with Crippen molar-refractivity contribution < 1.29 is 5.11 Å². The topological polar surface area (TPSA) is 94.2 Å². The van der Waals surface area contributed by atoms with Gasteiger partial charge >= 0.3 is 0 Å². The molecule has 3 rings (SSSR count). The summed E-state index contributed by atoms with van der Waals surface area (Å²) in [6.07, 6.45) is 0. The Bertz CT molecular complexity index is 672. The molecule has 0 aliphatic heterocycles. The predicted molar refractivity (Wildman–Crippen MR) is 63.5 cm³/mol. The van der Waals surface area contributed by atoms with Crippen molar-refractivity contribution in [1.82, 2.24) is 9.66 Å². The van der Waals surface area contributed by atoms with E-state index >= 15 is 0 Å². The summed E-state index contributed by atoms with van der Waals surface area (Å²) in [5, 5.41) is 11.8. The van der Waals surface area contributed by atoms with Gasteiger partial charge < -0.3 is 5.11 Å². The molecule has 0 radical (unpaired) electrons. The van der Waals surface area contributed by atoms with E-state index in [0.717, 1.165) is 10.7 Å². The van der Waals surface area contributed by atoms with E-state index in [1.54, 1.807) is 0 Å². The van der Waals surface area contributed by atoms with E-state index in [4.69, 9.17) is 10.6 Å². The van der Waals surface area contributed by atoms with Gasteiger partial charge in [0, 0.05) is 0 Å². The molecule has 0 bridgehead atoms. The molecule has 0 aromatic carbocycles. The summed E-state index contributed by atoms with van der Waals surface area (Å²) < 4.78 is 0.612. The number of fused-ring (bicyclic) bond motifs is 1. The maximum absolute atomic E-state index is 10.6. The lowest BCUT2D eigenvalue weighted by atomic mass is 10.6. The van der Waals surface area contributed by atoms with E-state index in [1.807, 2.05) is 0 Å². The Morgan fingerprint density at radius 3 is 2.35 bits per heavy atom. The Labute approximate surface area is 101 Å². The normalized spacial score (nSPS) is 10.1. The smallest absolute Gasteiger partial charge is 0.255 e. The Morgan fingerprint density at radius 1 is 1.35 bits per heavy atom. The first kappa shape index (κ1) is 11.2. The molecule has 7 heteroatoms. The van der Waals surface area contributed by atoms with Crippen molar-refractivity contribution in [2.24, 2.45) is 5.22 Å². The number of hydrogen-bond donors (Lipinski definition) is 3. The monoisotopic (exact) mass is 248 g/mol. The van der Waals surface area contributed by atoms with Gasteiger partial charge in [-0.3, -0.25) is 9.78 Å². The van der Waals surface area contributed by atoms with E-state index in [9.17, 15) is 4.79 Å². The van der Waals surface area contributed by atoms with Crippen LogP contribution in [0.2, 0.25) is 0 Å². The molecular weight excluding hydrogens is 240 g/mol. The molecule has 86 valence electrons. The summed E-state index contributed by atoms with van der Waals surface area (Å²) >= 11 is 4.56. The van der Waals surface area contributed by atoms with Gasteiger partial charge in [-0.1, -0.05) is 23.4 Å². The maximum atomic E-state index is 10.6. The van der Waals surface area contributed by atoms with Crippen LogP contribution in [0.25, 0.3) is 11.1 Å². The fraction of sp³-hybridized carbons (Fsp3) is 0. The van der Waals surface area contributed by atoms with E-state index in [2.05, 4.69) is 46.7 Å². The minimum Gasteiger partial charge on any atom is -0.493 e. The summed E-state index contributed by atoms with van der Waals surface area (Å²) in [7, 11) is 0. The van der Waals surface area contributed by atoms with Crippen LogP contribution in [0.5, 0.6) is 5.88 Å². The van der Waals surface area contributed by atoms with Crippen LogP contribution in [-0.4, -0.2) is 14.8 Å². The molecule has 1 heterocycles. The molecule has 17 heavy (non-hydrogen) atoms. The van der Waals surface area contributed by atoms with E-state index in [1.165, 1.54) is 11.1 Å². The Morgan fingerprint density at radius 2 is 2.00 bits per heavy atom. The van der Waals surface area contributed by atoms with Gasteiger partial charge in [-0.25, -0.2) is 0 Å². The lowest BCUT2D eigenvalue weighted by Gasteiger charge is -1.97. The summed E-state index contributed by atoms with van der Waals surface area (Å²) in [4.78, 5) is 12.8. The van der Waals surface area contributed by atoms with Gasteiger partial charge in [0.15, 0.2) is 0 Å². The Hall–Kier alpha value is -2.28. The first-order valence-corrected chi connectivity index (χ1v) is 5.06. The SMILES string of the molecule is N=Nn1c(O)cc(=O)[nH]c1=S.c1cc2cc-2c1. The van der Waals surface area contributed by atoms with Crippen molar-refractivity contribution in [3.05, 3.63) is 45.5 Å². The molecule has 0 fully saturated rings. The number of benzene rings is 1. The molecule has 6 nitrogen and oxygen atoms in total. The lowest BCUT2D eigenvalue weighted by molar-refractivity contribution is 0.411. The minimum atomic E-state index is -0.521. The second kappa shape index (κ2) is 4.30. The van der Waals surface area contributed by atoms with Gasteiger partial charge in [0.1, 0.15) is 0 Å². The highest BCUT2D eigenvalue weighted by Gasteiger charge is 2.06. The molecule has 1 aromatic rings. The highest BCUT2D eigenvalue weighted by molar-refractivity contribution is 7.71. The fourth-order valence-corrected chi connectivity index (χ4v) is 1.48. The molecule has 2 aliphatic rings. The van der Waals surface area contributed by atoms with Crippen molar-refractivity contribution in [3.63, 3.8) is 0 Å². The minimum absolute atomic E-state index is 0.106. The second-order valence-electron chi connectivity index (χ2n) is 3.29. The molecule has 0 atom stereocenters. The van der Waals surface area contributed by atoms with E-state index in [0.29, 0.717) is 0 Å². The fourth-order valence-electron chi connectivity index (χ4n) is 1.25. The molecule has 1 aromatic heterocycles. The Kier molecular flexibility index (Phi) is 2.84. The van der Waals surface area contributed by atoms with Crippen LogP contribution in [0.15, 0.2) is 40.3 Å². The van der Waals surface area contributed by atoms with Crippen LogP contribution in [-0.2, 0) is 0 Å². The van der Waals surface area contributed by atoms with Crippen LogP contribution in [0.1, 0.15) is 0 Å². The van der Waals surface area contributed by atoms with E-state index in [-0.39, 0.29) is 4.77 Å². The molecule has 0 saturated carbocycles. The van der Waals surface area contributed by atoms with Gasteiger partial charge in [0.2, 0.25) is 10.7 Å². The number of H-pyrrole nitrogens is 1. The van der Waals surface area contributed by atoms with Gasteiger partial charge in [0.05, 0.1) is 6.07 Å². The number of aromatic nitrogens is 2. The molecule has 0 unspecified atom stereocenters. The quantitative estimate of drug-likeness (QED) is 0.454. The third kappa shape index (κ3) is 2.45. The van der Waals surface area contributed by atoms with Crippen LogP contribution in [0.3, 0.4) is 0 Å². The van der Waals surface area contributed by atoms with Crippen molar-refractivity contribution in [2.75, 3.05) is 0 Å². The zero-order valence-electron chi connectivity index (χ0n) is 8.54. The Balaban J connectivity index is 0.000000148. The van der Waals surface area contributed by atoms with E-state index < -0.39 is 11.4 Å². The zero-order chi connectivity index (χ0) is 12.4. The molecule has 0 saturated heterocycles. The van der Waals surface area contributed by atoms with Crippen molar-refractivity contribution in [2.45, 2.75) is 0 Å². The van der Waals surface area contributed by atoms with Crippen LogP contribution in [0, 0.1) is 10.3 Å². The average Bonchev–Trinajstić information content (AvgIpc) is 2.86. The van der Waals surface area contributed by atoms with Crippen molar-refractivity contribution in [1.29, 1.82) is 5.53 Å². The summed E-state index contributed by atoms with van der Waals surface area (Å²) in [6.45, 7) is 0. The number of rotatable bonds is 1. The van der Waals surface area contributed by atoms with Crippen LogP contribution in [0.4, 0.5) is 0 Å². The number of aromatic amines is 1. The molecule has 0 amide bonds. The zero-order valence-corrected chi connectivity index (χ0v) is 9.36. The van der Waals surface area contributed by atoms with Crippen molar-refractivity contribution >= 4 is 12.2 Å². The first-order valence-electron chi connectivity index (χ1n) is 4.65. The van der Waals surface area contributed by atoms with Crippen LogP contribution < -0.4 is 5.56 Å². The highest BCUT2D eigenvalue weighted by Crippen LogP contribution is 2.32. The third-order valence-corrected chi connectivity index (χ3v) is 2.39. The number of nitrogens with one attached hydrogen (secondary N) is 2. The summed E-state index contributed by atoms with van der Waals surface area (Å²) in [6, 6.07) is 9.36. The lowest BCUT2D eigenvalue weighted by Crippen LogP contribution is -2.08. The predicted octanol–water partition coefficient (Wildman–Crippen LogP) is 2.07. The molecule has 0 spiro atoms. The van der Waals surface area contributed by atoms with Crippen molar-refractivity contribution in [3.8, 4) is 17.0 Å². The molecular formula is C10H8N4O2S. The number of hydrogen-bond acceptors (Lipinski definition) is 5. The standard InChI is InChI=1S/C6H4.C4H4N4O2S/c1-2-5-4-6(5)3-1;5-7-8-3(10)1-2(9)6-4(8)11/h1-4H;1,5,10H,(H,6,9,11). The number of aromatic hydroxyl groups is 1. The van der Waals surface area contributed by atoms with Gasteiger partial charge in [-0.05, 0) is 29.4 Å². The summed E-state index contributed by atoms with van der Waals surface area (Å²) in [5.41, 5.74) is 8.87. The molecule has 3 N–H and O–H groups in total. The summed E-state index contributed by atoms with van der Waals surface area (Å²) in [5.74, 6) is -0.450. The van der Waals surface area contributed by atoms with Crippen LogP contribution >= 0.6 is 12.2 Å². The average molecular weight is 248 g/mol. The second-order valence-corrected chi connectivity index (χ2v) is 3.68. The van der Waals surface area contributed by atoms with Gasteiger partial charge in [-0.15, -0.1) is 0 Å². The molecule has 2 aliphatic carbocycles. The third-order valence-electron chi connectivity index (χ3n) is 2.11. The van der Waals surface area contributed by atoms with Gasteiger partial charge in [0.25, 0.3) is 5.56 Å². The first-order chi connectivity index (χ1) is 8.11.